The Balaban J connectivity index is 1.52. The predicted molar refractivity (Wildman–Crippen MR) is 121 cm³/mol. The smallest absolute Gasteiger partial charge is 0.227 e. The SMILES string of the molecule is COc1cccc(COc2cc(C3CC(=O)N(c4cccc(N)c4)C3)ccc2OC)c1. The fraction of sp³-hybridized carbons (Fsp3) is 0.240. The zero-order chi connectivity index (χ0) is 21.8. The van der Waals surface area contributed by atoms with Gasteiger partial charge in [0.05, 0.1) is 14.2 Å². The second kappa shape index (κ2) is 9.00. The highest BCUT2D eigenvalue weighted by atomic mass is 16.5. The minimum Gasteiger partial charge on any atom is -0.497 e. The molecule has 1 fully saturated rings. The molecule has 1 saturated heterocycles. The molecule has 1 unspecified atom stereocenters. The number of carbonyl (C=O) groups excluding carboxylic acids is 1. The maximum atomic E-state index is 12.7. The van der Waals surface area contributed by atoms with E-state index in [-0.39, 0.29) is 11.8 Å². The third-order valence-electron chi connectivity index (χ3n) is 5.49. The minimum absolute atomic E-state index is 0.0685. The quantitative estimate of drug-likeness (QED) is 0.576. The standard InChI is InChI=1S/C25H26N2O4/c1-29-22-8-3-5-17(11-22)16-31-24-12-18(9-10-23(24)30-2)19-13-25(28)27(15-19)21-7-4-6-20(26)14-21/h3-12,14,19H,13,15-16,26H2,1-2H3. The van der Waals surface area contributed by atoms with Gasteiger partial charge in [-0.3, -0.25) is 4.79 Å². The van der Waals surface area contributed by atoms with E-state index >= 15 is 0 Å². The number of nitrogens with two attached hydrogens (primary N) is 1. The van der Waals surface area contributed by atoms with Crippen molar-refractivity contribution >= 4 is 17.3 Å². The van der Waals surface area contributed by atoms with Crippen LogP contribution in [0, 0.1) is 0 Å². The first kappa shape index (κ1) is 20.6. The molecule has 3 aromatic rings. The summed E-state index contributed by atoms with van der Waals surface area (Å²) in [5.41, 5.74) is 9.41. The Morgan fingerprint density at radius 1 is 0.968 bits per heavy atom. The van der Waals surface area contributed by atoms with E-state index in [1.165, 1.54) is 0 Å². The van der Waals surface area contributed by atoms with E-state index in [9.17, 15) is 4.79 Å². The molecule has 31 heavy (non-hydrogen) atoms. The van der Waals surface area contributed by atoms with Gasteiger partial charge in [0.2, 0.25) is 5.91 Å². The predicted octanol–water partition coefficient (Wildman–Crippen LogP) is 4.39. The van der Waals surface area contributed by atoms with Crippen LogP contribution < -0.4 is 24.8 Å². The van der Waals surface area contributed by atoms with E-state index in [2.05, 4.69) is 0 Å². The Bertz CT molecular complexity index is 1080. The van der Waals surface area contributed by atoms with Crippen molar-refractivity contribution < 1.29 is 19.0 Å². The van der Waals surface area contributed by atoms with Gasteiger partial charge in [-0.25, -0.2) is 0 Å². The summed E-state index contributed by atoms with van der Waals surface area (Å²) in [6.07, 6.45) is 0.441. The normalized spacial score (nSPS) is 15.7. The molecular weight excluding hydrogens is 392 g/mol. The van der Waals surface area contributed by atoms with Crippen molar-refractivity contribution in [1.82, 2.24) is 0 Å². The number of nitrogens with zero attached hydrogens (tertiary/aromatic N) is 1. The van der Waals surface area contributed by atoms with Gasteiger partial charge in [-0.05, 0) is 53.6 Å². The van der Waals surface area contributed by atoms with Crippen LogP contribution in [0.15, 0.2) is 66.7 Å². The number of nitrogen functional groups attached to an aromatic ring is 1. The average Bonchev–Trinajstić information content (AvgIpc) is 3.19. The first-order chi connectivity index (χ1) is 15.1. The Hall–Kier alpha value is -3.67. The summed E-state index contributed by atoms with van der Waals surface area (Å²) in [5, 5.41) is 0. The van der Waals surface area contributed by atoms with Crippen molar-refractivity contribution in [2.24, 2.45) is 0 Å². The number of benzene rings is 3. The molecule has 1 aliphatic heterocycles. The van der Waals surface area contributed by atoms with Crippen LogP contribution in [0.5, 0.6) is 17.2 Å². The molecule has 160 valence electrons. The largest absolute Gasteiger partial charge is 0.497 e. The molecule has 0 radical (unpaired) electrons. The van der Waals surface area contributed by atoms with Gasteiger partial charge in [-0.15, -0.1) is 0 Å². The van der Waals surface area contributed by atoms with E-state index in [4.69, 9.17) is 19.9 Å². The molecule has 1 aliphatic rings. The monoisotopic (exact) mass is 418 g/mol. The zero-order valence-electron chi connectivity index (χ0n) is 17.7. The summed E-state index contributed by atoms with van der Waals surface area (Å²) < 4.78 is 16.8. The van der Waals surface area contributed by atoms with Crippen molar-refractivity contribution in [2.45, 2.75) is 18.9 Å². The van der Waals surface area contributed by atoms with Crippen molar-refractivity contribution in [2.75, 3.05) is 31.4 Å². The van der Waals surface area contributed by atoms with E-state index < -0.39 is 0 Å². The molecule has 6 nitrogen and oxygen atoms in total. The number of ether oxygens (including phenoxy) is 3. The Kier molecular flexibility index (Phi) is 5.98. The van der Waals surface area contributed by atoms with Gasteiger partial charge in [0.1, 0.15) is 12.4 Å². The first-order valence-corrected chi connectivity index (χ1v) is 10.2. The molecular formula is C25H26N2O4. The molecule has 4 rings (SSSR count). The number of methoxy groups -OCH3 is 2. The van der Waals surface area contributed by atoms with Crippen LogP contribution in [0.3, 0.4) is 0 Å². The summed E-state index contributed by atoms with van der Waals surface area (Å²) in [6.45, 7) is 0.986. The zero-order valence-corrected chi connectivity index (χ0v) is 17.7. The van der Waals surface area contributed by atoms with Crippen molar-refractivity contribution in [3.63, 3.8) is 0 Å². The molecule has 0 saturated carbocycles. The van der Waals surface area contributed by atoms with Crippen LogP contribution in [0.4, 0.5) is 11.4 Å². The topological polar surface area (TPSA) is 74.0 Å². The van der Waals surface area contributed by atoms with Crippen molar-refractivity contribution in [1.29, 1.82) is 0 Å². The lowest BCUT2D eigenvalue weighted by molar-refractivity contribution is -0.117. The highest BCUT2D eigenvalue weighted by Crippen LogP contribution is 2.37. The molecule has 2 N–H and O–H groups in total. The minimum atomic E-state index is 0.0685. The number of hydrogen-bond acceptors (Lipinski definition) is 5. The summed E-state index contributed by atoms with van der Waals surface area (Å²) in [7, 11) is 3.26. The number of anilines is 2. The van der Waals surface area contributed by atoms with Crippen LogP contribution >= 0.6 is 0 Å². The number of carbonyl (C=O) groups is 1. The number of rotatable bonds is 7. The molecule has 1 heterocycles. The maximum Gasteiger partial charge on any atom is 0.227 e. The van der Waals surface area contributed by atoms with Crippen LogP contribution in [-0.4, -0.2) is 26.7 Å². The van der Waals surface area contributed by atoms with Crippen molar-refractivity contribution in [3.05, 3.63) is 77.9 Å². The fourth-order valence-corrected chi connectivity index (χ4v) is 3.86. The molecule has 0 spiro atoms. The van der Waals surface area contributed by atoms with Crippen LogP contribution in [-0.2, 0) is 11.4 Å². The maximum absolute atomic E-state index is 12.7. The first-order valence-electron chi connectivity index (χ1n) is 10.2. The average molecular weight is 418 g/mol. The molecule has 3 aromatic carbocycles. The van der Waals surface area contributed by atoms with E-state index in [1.807, 2.05) is 66.7 Å². The van der Waals surface area contributed by atoms with Gasteiger partial charge in [0, 0.05) is 30.3 Å². The molecule has 0 aliphatic carbocycles. The third kappa shape index (κ3) is 4.58. The van der Waals surface area contributed by atoms with Crippen LogP contribution in [0.25, 0.3) is 0 Å². The highest BCUT2D eigenvalue weighted by Gasteiger charge is 2.32. The Labute approximate surface area is 182 Å². The summed E-state index contributed by atoms with van der Waals surface area (Å²) in [4.78, 5) is 14.5. The van der Waals surface area contributed by atoms with Crippen LogP contribution in [0.2, 0.25) is 0 Å². The molecule has 1 amide bonds. The second-order valence-electron chi connectivity index (χ2n) is 7.55. The Morgan fingerprint density at radius 2 is 1.81 bits per heavy atom. The van der Waals surface area contributed by atoms with E-state index in [0.29, 0.717) is 36.8 Å². The molecule has 0 aromatic heterocycles. The lowest BCUT2D eigenvalue weighted by Crippen LogP contribution is -2.24. The highest BCUT2D eigenvalue weighted by molar-refractivity contribution is 5.96. The summed E-state index contributed by atoms with van der Waals surface area (Å²) in [5.74, 6) is 2.25. The van der Waals surface area contributed by atoms with Crippen LogP contribution in [0.1, 0.15) is 23.5 Å². The van der Waals surface area contributed by atoms with Gasteiger partial charge >= 0.3 is 0 Å². The van der Waals surface area contributed by atoms with Gasteiger partial charge in [0.15, 0.2) is 11.5 Å². The second-order valence-corrected chi connectivity index (χ2v) is 7.55. The van der Waals surface area contributed by atoms with Gasteiger partial charge in [-0.1, -0.05) is 24.3 Å². The third-order valence-corrected chi connectivity index (χ3v) is 5.49. The van der Waals surface area contributed by atoms with Gasteiger partial charge in [0.25, 0.3) is 0 Å². The Morgan fingerprint density at radius 3 is 2.58 bits per heavy atom. The van der Waals surface area contributed by atoms with E-state index in [0.717, 1.165) is 22.6 Å². The van der Waals surface area contributed by atoms with Gasteiger partial charge < -0.3 is 24.8 Å². The molecule has 0 bridgehead atoms. The van der Waals surface area contributed by atoms with Gasteiger partial charge in [-0.2, -0.15) is 0 Å². The fourth-order valence-electron chi connectivity index (χ4n) is 3.86. The lowest BCUT2D eigenvalue weighted by atomic mass is 9.98. The number of hydrogen-bond donors (Lipinski definition) is 1. The molecule has 6 heteroatoms. The van der Waals surface area contributed by atoms with E-state index in [1.54, 1.807) is 19.1 Å². The molecule has 1 atom stereocenters. The summed E-state index contributed by atoms with van der Waals surface area (Å²) in [6, 6.07) is 21.0. The summed E-state index contributed by atoms with van der Waals surface area (Å²) >= 11 is 0. The van der Waals surface area contributed by atoms with Crippen molar-refractivity contribution in [3.8, 4) is 17.2 Å². The lowest BCUT2D eigenvalue weighted by Gasteiger charge is -2.18. The number of amides is 1.